The average Bonchev–Trinajstić information content (AvgIpc) is 3.15. The lowest BCUT2D eigenvalue weighted by atomic mass is 10.2. The Morgan fingerprint density at radius 1 is 0.929 bits per heavy atom. The number of para-hydroxylation sites is 1. The molecule has 3 aromatic carbocycles. The first-order valence-corrected chi connectivity index (χ1v) is 9.25. The number of halogens is 2. The second-order valence-electron chi connectivity index (χ2n) is 5.97. The lowest BCUT2D eigenvalue weighted by Gasteiger charge is -2.06. The van der Waals surface area contributed by atoms with Gasteiger partial charge >= 0.3 is 0 Å². The molecule has 7 heteroatoms. The Hall–Kier alpha value is -3.32. The summed E-state index contributed by atoms with van der Waals surface area (Å²) in [6, 6.07) is 22.4. The molecule has 0 spiro atoms. The zero-order chi connectivity index (χ0) is 19.5. The summed E-state index contributed by atoms with van der Waals surface area (Å²) in [5.74, 6) is -0.273. The molecule has 0 fully saturated rings. The number of amides is 1. The van der Waals surface area contributed by atoms with Crippen LogP contribution in [0.25, 0.3) is 17.1 Å². The fourth-order valence-electron chi connectivity index (χ4n) is 2.66. The SMILES string of the molecule is O=C(Nc1ccccc1)c1nc(-c2ccc(Br)cc2)n(-c2ccc(F)cc2)n1. The summed E-state index contributed by atoms with van der Waals surface area (Å²) < 4.78 is 15.8. The number of hydrogen-bond acceptors (Lipinski definition) is 3. The van der Waals surface area contributed by atoms with Crippen LogP contribution in [0, 0.1) is 5.82 Å². The van der Waals surface area contributed by atoms with Crippen LogP contribution in [-0.4, -0.2) is 20.7 Å². The highest BCUT2D eigenvalue weighted by Gasteiger charge is 2.19. The molecule has 28 heavy (non-hydrogen) atoms. The number of benzene rings is 3. The molecule has 4 rings (SSSR count). The van der Waals surface area contributed by atoms with Gasteiger partial charge < -0.3 is 5.32 Å². The van der Waals surface area contributed by atoms with Crippen LogP contribution in [-0.2, 0) is 0 Å². The molecule has 138 valence electrons. The van der Waals surface area contributed by atoms with Gasteiger partial charge in [-0.15, -0.1) is 5.10 Å². The molecule has 1 heterocycles. The summed E-state index contributed by atoms with van der Waals surface area (Å²) in [6.45, 7) is 0. The number of nitrogens with zero attached hydrogens (tertiary/aromatic N) is 3. The predicted octanol–water partition coefficient (Wildman–Crippen LogP) is 5.09. The van der Waals surface area contributed by atoms with Gasteiger partial charge in [-0.3, -0.25) is 4.79 Å². The molecule has 0 aliphatic rings. The molecule has 0 bridgehead atoms. The van der Waals surface area contributed by atoms with E-state index in [1.165, 1.54) is 16.8 Å². The van der Waals surface area contributed by atoms with Crippen molar-refractivity contribution < 1.29 is 9.18 Å². The van der Waals surface area contributed by atoms with E-state index in [-0.39, 0.29) is 11.6 Å². The molecular formula is C21H14BrFN4O. The van der Waals surface area contributed by atoms with Crippen LogP contribution in [0.3, 0.4) is 0 Å². The van der Waals surface area contributed by atoms with Crippen molar-refractivity contribution in [2.45, 2.75) is 0 Å². The number of anilines is 1. The Morgan fingerprint density at radius 3 is 2.29 bits per heavy atom. The molecule has 1 N–H and O–H groups in total. The van der Waals surface area contributed by atoms with Crippen LogP contribution < -0.4 is 5.32 Å². The Bertz CT molecular complexity index is 1050. The second kappa shape index (κ2) is 7.74. The van der Waals surface area contributed by atoms with Gasteiger partial charge in [-0.2, -0.15) is 0 Å². The van der Waals surface area contributed by atoms with E-state index in [1.807, 2.05) is 42.5 Å². The van der Waals surface area contributed by atoms with Crippen molar-refractivity contribution >= 4 is 27.5 Å². The maximum Gasteiger partial charge on any atom is 0.295 e. The molecular weight excluding hydrogens is 423 g/mol. The zero-order valence-electron chi connectivity index (χ0n) is 14.5. The summed E-state index contributed by atoms with van der Waals surface area (Å²) in [7, 11) is 0. The van der Waals surface area contributed by atoms with Gasteiger partial charge in [0.15, 0.2) is 5.82 Å². The van der Waals surface area contributed by atoms with Gasteiger partial charge in [-0.25, -0.2) is 14.1 Å². The minimum absolute atomic E-state index is 0.0195. The van der Waals surface area contributed by atoms with E-state index in [4.69, 9.17) is 0 Å². The third-order valence-corrected chi connectivity index (χ3v) is 4.54. The third-order valence-electron chi connectivity index (χ3n) is 4.02. The maximum atomic E-state index is 13.3. The monoisotopic (exact) mass is 436 g/mol. The van der Waals surface area contributed by atoms with Crippen LogP contribution in [0.4, 0.5) is 10.1 Å². The third kappa shape index (κ3) is 3.84. The number of hydrogen-bond donors (Lipinski definition) is 1. The van der Waals surface area contributed by atoms with Crippen molar-refractivity contribution in [3.8, 4) is 17.1 Å². The molecule has 1 amide bonds. The van der Waals surface area contributed by atoms with Crippen LogP contribution in [0.15, 0.2) is 83.3 Å². The molecule has 0 radical (unpaired) electrons. The molecule has 0 saturated heterocycles. The van der Waals surface area contributed by atoms with Gasteiger partial charge in [-0.05, 0) is 48.5 Å². The fraction of sp³-hybridized carbons (Fsp3) is 0. The van der Waals surface area contributed by atoms with Crippen LogP contribution in [0.5, 0.6) is 0 Å². The molecule has 0 saturated carbocycles. The number of carbonyl (C=O) groups is 1. The molecule has 0 aliphatic heterocycles. The van der Waals surface area contributed by atoms with Gasteiger partial charge in [-0.1, -0.05) is 46.3 Å². The number of rotatable bonds is 4. The van der Waals surface area contributed by atoms with Crippen molar-refractivity contribution in [3.05, 3.63) is 95.0 Å². The molecule has 0 aliphatic carbocycles. The summed E-state index contributed by atoms with van der Waals surface area (Å²) in [4.78, 5) is 17.1. The maximum absolute atomic E-state index is 13.3. The Morgan fingerprint density at radius 2 is 1.61 bits per heavy atom. The minimum Gasteiger partial charge on any atom is -0.319 e. The zero-order valence-corrected chi connectivity index (χ0v) is 16.1. The van der Waals surface area contributed by atoms with Crippen molar-refractivity contribution in [1.29, 1.82) is 0 Å². The van der Waals surface area contributed by atoms with E-state index in [9.17, 15) is 9.18 Å². The predicted molar refractivity (Wildman–Crippen MR) is 109 cm³/mol. The van der Waals surface area contributed by atoms with Gasteiger partial charge in [0.05, 0.1) is 5.69 Å². The molecule has 0 atom stereocenters. The highest BCUT2D eigenvalue weighted by atomic mass is 79.9. The van der Waals surface area contributed by atoms with E-state index in [0.29, 0.717) is 17.2 Å². The van der Waals surface area contributed by atoms with Crippen LogP contribution in [0.1, 0.15) is 10.6 Å². The van der Waals surface area contributed by atoms with Crippen molar-refractivity contribution in [1.82, 2.24) is 14.8 Å². The van der Waals surface area contributed by atoms with Gasteiger partial charge in [0.1, 0.15) is 5.82 Å². The second-order valence-corrected chi connectivity index (χ2v) is 6.89. The summed E-state index contributed by atoms with van der Waals surface area (Å²) in [5, 5.41) is 7.14. The first kappa shape index (κ1) is 18.1. The smallest absolute Gasteiger partial charge is 0.295 e. The van der Waals surface area contributed by atoms with Gasteiger partial charge in [0.25, 0.3) is 5.91 Å². The van der Waals surface area contributed by atoms with E-state index in [0.717, 1.165) is 10.0 Å². The van der Waals surface area contributed by atoms with E-state index in [1.54, 1.807) is 24.3 Å². The highest BCUT2D eigenvalue weighted by molar-refractivity contribution is 9.10. The summed E-state index contributed by atoms with van der Waals surface area (Å²) >= 11 is 3.41. The first-order chi connectivity index (χ1) is 13.6. The highest BCUT2D eigenvalue weighted by Crippen LogP contribution is 2.23. The Balaban J connectivity index is 1.76. The summed E-state index contributed by atoms with van der Waals surface area (Å²) in [6.07, 6.45) is 0. The van der Waals surface area contributed by atoms with Gasteiger partial charge in [0.2, 0.25) is 5.82 Å². The summed E-state index contributed by atoms with van der Waals surface area (Å²) in [5.41, 5.74) is 2.03. The van der Waals surface area contributed by atoms with E-state index >= 15 is 0 Å². The van der Waals surface area contributed by atoms with Crippen LogP contribution in [0.2, 0.25) is 0 Å². The molecule has 4 aromatic rings. The topological polar surface area (TPSA) is 59.8 Å². The lowest BCUT2D eigenvalue weighted by Crippen LogP contribution is -2.14. The molecule has 5 nitrogen and oxygen atoms in total. The Kier molecular flexibility index (Phi) is 4.99. The fourth-order valence-corrected chi connectivity index (χ4v) is 2.93. The normalized spacial score (nSPS) is 10.6. The van der Waals surface area contributed by atoms with Crippen molar-refractivity contribution in [2.75, 3.05) is 5.32 Å². The van der Waals surface area contributed by atoms with E-state index in [2.05, 4.69) is 31.3 Å². The lowest BCUT2D eigenvalue weighted by molar-refractivity contribution is 0.101. The average molecular weight is 437 g/mol. The van der Waals surface area contributed by atoms with Crippen molar-refractivity contribution in [3.63, 3.8) is 0 Å². The first-order valence-electron chi connectivity index (χ1n) is 8.45. The Labute approximate surface area is 169 Å². The van der Waals surface area contributed by atoms with E-state index < -0.39 is 5.91 Å². The minimum atomic E-state index is -0.426. The van der Waals surface area contributed by atoms with Crippen LogP contribution >= 0.6 is 15.9 Å². The number of nitrogens with one attached hydrogen (secondary N) is 1. The standard InChI is InChI=1S/C21H14BrFN4O/c22-15-8-6-14(7-9-15)20-25-19(21(28)24-17-4-2-1-3-5-17)26-27(20)18-12-10-16(23)11-13-18/h1-13H,(H,24,28). The molecule has 0 unspecified atom stereocenters. The quantitative estimate of drug-likeness (QED) is 0.484. The largest absolute Gasteiger partial charge is 0.319 e. The number of aromatic nitrogens is 3. The molecule has 1 aromatic heterocycles. The van der Waals surface area contributed by atoms with Crippen molar-refractivity contribution in [2.24, 2.45) is 0 Å². The van der Waals surface area contributed by atoms with Gasteiger partial charge in [0, 0.05) is 15.7 Å². The number of carbonyl (C=O) groups excluding carboxylic acids is 1.